The summed E-state index contributed by atoms with van der Waals surface area (Å²) in [6.07, 6.45) is -4.57. The average molecular weight is 344 g/mol. The molecule has 1 heterocycles. The molecule has 0 saturated carbocycles. The maximum Gasteiger partial charge on any atom is 0.451 e. The summed E-state index contributed by atoms with van der Waals surface area (Å²) in [5.41, 5.74) is 2.67. The van der Waals surface area contributed by atoms with Crippen LogP contribution in [0, 0.1) is 13.8 Å². The number of aryl methyl sites for hydroxylation is 2. The van der Waals surface area contributed by atoms with E-state index >= 15 is 0 Å². The van der Waals surface area contributed by atoms with Crippen LogP contribution >= 0.6 is 11.8 Å². The van der Waals surface area contributed by atoms with E-state index < -0.39 is 12.0 Å². The van der Waals surface area contributed by atoms with Crippen LogP contribution in [0.1, 0.15) is 17.0 Å². The first kappa shape index (κ1) is 17.3. The smallest absolute Gasteiger partial charge is 0.325 e. The number of anilines is 1. The number of halogens is 3. The van der Waals surface area contributed by atoms with Gasteiger partial charge in [0, 0.05) is 12.7 Å². The average Bonchev–Trinajstić information content (AvgIpc) is 2.81. The van der Waals surface area contributed by atoms with Crippen LogP contribution in [0.25, 0.3) is 0 Å². The number of nitrogens with zero attached hydrogens (tertiary/aromatic N) is 3. The zero-order chi connectivity index (χ0) is 17.2. The molecule has 0 atom stereocenters. The van der Waals surface area contributed by atoms with E-state index in [2.05, 4.69) is 15.5 Å². The highest BCUT2D eigenvalue weighted by atomic mass is 32.2. The van der Waals surface area contributed by atoms with Gasteiger partial charge in [-0.15, -0.1) is 10.2 Å². The fourth-order valence-electron chi connectivity index (χ4n) is 1.96. The van der Waals surface area contributed by atoms with Crippen LogP contribution in [0.15, 0.2) is 23.4 Å². The standard InChI is InChI=1S/C14H15F3N4OS/c1-8-4-5-10(9(2)6-8)18-11(22)7-23-13-20-19-12(21(13)3)14(15,16)17/h4-6H,7H2,1-3H3,(H,18,22). The molecule has 23 heavy (non-hydrogen) atoms. The number of carbonyl (C=O) groups is 1. The van der Waals surface area contributed by atoms with Crippen molar-refractivity contribution in [2.75, 3.05) is 11.1 Å². The number of alkyl halides is 3. The number of benzene rings is 1. The van der Waals surface area contributed by atoms with Crippen molar-refractivity contribution in [2.45, 2.75) is 25.2 Å². The summed E-state index contributed by atoms with van der Waals surface area (Å²) in [7, 11) is 1.22. The summed E-state index contributed by atoms with van der Waals surface area (Å²) in [4.78, 5) is 11.9. The Labute approximate surface area is 135 Å². The van der Waals surface area contributed by atoms with E-state index in [0.29, 0.717) is 5.69 Å². The first-order valence-electron chi connectivity index (χ1n) is 6.65. The van der Waals surface area contributed by atoms with Gasteiger partial charge in [-0.1, -0.05) is 29.5 Å². The Morgan fingerprint density at radius 1 is 1.30 bits per heavy atom. The highest BCUT2D eigenvalue weighted by molar-refractivity contribution is 7.99. The topological polar surface area (TPSA) is 59.8 Å². The third-order valence-electron chi connectivity index (χ3n) is 3.08. The minimum absolute atomic E-state index is 0.0353. The van der Waals surface area contributed by atoms with Crippen LogP contribution in [0.4, 0.5) is 18.9 Å². The summed E-state index contributed by atoms with van der Waals surface area (Å²) < 4.78 is 38.7. The summed E-state index contributed by atoms with van der Waals surface area (Å²) in [6, 6.07) is 5.59. The van der Waals surface area contributed by atoms with Gasteiger partial charge in [0.25, 0.3) is 0 Å². The molecule has 1 aromatic heterocycles. The molecular weight excluding hydrogens is 329 g/mol. The van der Waals surface area contributed by atoms with Gasteiger partial charge < -0.3 is 9.88 Å². The van der Waals surface area contributed by atoms with Gasteiger partial charge in [0.2, 0.25) is 11.7 Å². The van der Waals surface area contributed by atoms with Crippen molar-refractivity contribution in [3.63, 3.8) is 0 Å². The predicted octanol–water partition coefficient (Wildman–Crippen LogP) is 3.18. The van der Waals surface area contributed by atoms with E-state index in [4.69, 9.17) is 0 Å². The molecule has 0 unspecified atom stereocenters. The molecular formula is C14H15F3N4OS. The van der Waals surface area contributed by atoms with Crippen molar-refractivity contribution in [2.24, 2.45) is 7.05 Å². The van der Waals surface area contributed by atoms with E-state index in [9.17, 15) is 18.0 Å². The maximum absolute atomic E-state index is 12.6. The largest absolute Gasteiger partial charge is 0.451 e. The van der Waals surface area contributed by atoms with Gasteiger partial charge in [0.05, 0.1) is 5.75 Å². The number of hydrogen-bond acceptors (Lipinski definition) is 4. The van der Waals surface area contributed by atoms with Crippen LogP contribution in [0.2, 0.25) is 0 Å². The number of hydrogen-bond donors (Lipinski definition) is 1. The monoisotopic (exact) mass is 344 g/mol. The number of thioether (sulfide) groups is 1. The number of carbonyl (C=O) groups excluding carboxylic acids is 1. The Hall–Kier alpha value is -2.03. The SMILES string of the molecule is Cc1ccc(NC(=O)CSc2nnc(C(F)(F)F)n2C)c(C)c1. The van der Waals surface area contributed by atoms with Gasteiger partial charge in [0.1, 0.15) is 0 Å². The molecule has 5 nitrogen and oxygen atoms in total. The van der Waals surface area contributed by atoms with Crippen LogP contribution in [0.3, 0.4) is 0 Å². The van der Waals surface area contributed by atoms with E-state index in [-0.39, 0.29) is 16.8 Å². The fraction of sp³-hybridized carbons (Fsp3) is 0.357. The van der Waals surface area contributed by atoms with E-state index in [1.807, 2.05) is 26.0 Å². The minimum Gasteiger partial charge on any atom is -0.325 e. The third-order valence-corrected chi connectivity index (χ3v) is 4.10. The van der Waals surface area contributed by atoms with Crippen molar-refractivity contribution in [3.8, 4) is 0 Å². The Bertz CT molecular complexity index is 727. The number of amides is 1. The Morgan fingerprint density at radius 2 is 2.00 bits per heavy atom. The molecule has 9 heteroatoms. The summed E-state index contributed by atoms with van der Waals surface area (Å²) in [5.74, 6) is -1.47. The fourth-order valence-corrected chi connectivity index (χ4v) is 2.67. The normalized spacial score (nSPS) is 11.6. The van der Waals surface area contributed by atoms with Crippen LogP contribution < -0.4 is 5.32 Å². The molecule has 2 aromatic rings. The van der Waals surface area contributed by atoms with Crippen molar-refractivity contribution in [1.29, 1.82) is 0 Å². The lowest BCUT2D eigenvalue weighted by Crippen LogP contribution is -2.16. The predicted molar refractivity (Wildman–Crippen MR) is 81.3 cm³/mol. The molecule has 0 aliphatic rings. The first-order chi connectivity index (χ1) is 10.7. The Kier molecular flexibility index (Phi) is 4.98. The Morgan fingerprint density at radius 3 is 2.57 bits per heavy atom. The van der Waals surface area contributed by atoms with E-state index in [0.717, 1.165) is 27.5 Å². The third kappa shape index (κ3) is 4.25. The quantitative estimate of drug-likeness (QED) is 0.866. The van der Waals surface area contributed by atoms with Crippen molar-refractivity contribution >= 4 is 23.4 Å². The minimum atomic E-state index is -4.57. The molecule has 1 aromatic carbocycles. The van der Waals surface area contributed by atoms with Gasteiger partial charge in [-0.3, -0.25) is 4.79 Å². The lowest BCUT2D eigenvalue weighted by atomic mass is 10.1. The molecule has 0 fully saturated rings. The van der Waals surface area contributed by atoms with E-state index in [1.54, 1.807) is 6.07 Å². The molecule has 0 aliphatic carbocycles. The number of aromatic nitrogens is 3. The first-order valence-corrected chi connectivity index (χ1v) is 7.63. The number of rotatable bonds is 4. The molecule has 2 rings (SSSR count). The van der Waals surface area contributed by atoms with Gasteiger partial charge >= 0.3 is 6.18 Å². The zero-order valence-corrected chi connectivity index (χ0v) is 13.5. The van der Waals surface area contributed by atoms with Gasteiger partial charge in [-0.2, -0.15) is 13.2 Å². The molecule has 1 amide bonds. The Balaban J connectivity index is 1.98. The van der Waals surface area contributed by atoms with Crippen molar-refractivity contribution in [3.05, 3.63) is 35.2 Å². The van der Waals surface area contributed by atoms with Crippen LogP contribution in [0.5, 0.6) is 0 Å². The molecule has 0 spiro atoms. The molecule has 0 bridgehead atoms. The molecule has 0 radical (unpaired) electrons. The van der Waals surface area contributed by atoms with Gasteiger partial charge in [-0.05, 0) is 25.5 Å². The second-order valence-electron chi connectivity index (χ2n) is 5.02. The highest BCUT2D eigenvalue weighted by Crippen LogP contribution is 2.29. The summed E-state index contributed by atoms with van der Waals surface area (Å²) in [5, 5.41) is 9.33. The van der Waals surface area contributed by atoms with Gasteiger partial charge in [0.15, 0.2) is 5.16 Å². The highest BCUT2D eigenvalue weighted by Gasteiger charge is 2.37. The van der Waals surface area contributed by atoms with Crippen LogP contribution in [-0.2, 0) is 18.0 Å². The van der Waals surface area contributed by atoms with E-state index in [1.165, 1.54) is 7.05 Å². The van der Waals surface area contributed by atoms with Crippen molar-refractivity contribution < 1.29 is 18.0 Å². The maximum atomic E-state index is 12.6. The van der Waals surface area contributed by atoms with Crippen LogP contribution in [-0.4, -0.2) is 26.4 Å². The molecule has 124 valence electrons. The molecule has 1 N–H and O–H groups in total. The zero-order valence-electron chi connectivity index (χ0n) is 12.7. The molecule has 0 aliphatic heterocycles. The van der Waals surface area contributed by atoms with Crippen molar-refractivity contribution in [1.82, 2.24) is 14.8 Å². The summed E-state index contributed by atoms with van der Waals surface area (Å²) in [6.45, 7) is 3.81. The lowest BCUT2D eigenvalue weighted by Gasteiger charge is -2.09. The number of nitrogens with one attached hydrogen (secondary N) is 1. The molecule has 0 saturated heterocycles. The second-order valence-corrected chi connectivity index (χ2v) is 5.96. The second kappa shape index (κ2) is 6.61. The summed E-state index contributed by atoms with van der Waals surface area (Å²) >= 11 is 0.898. The van der Waals surface area contributed by atoms with Gasteiger partial charge in [-0.25, -0.2) is 0 Å². The lowest BCUT2D eigenvalue weighted by molar-refractivity contribution is -0.147.